The highest BCUT2D eigenvalue weighted by Crippen LogP contribution is 2.13. The van der Waals surface area contributed by atoms with E-state index in [-0.39, 0.29) is 5.84 Å². The number of methoxy groups -OCH3 is 1. The van der Waals surface area contributed by atoms with Gasteiger partial charge in [0.2, 0.25) is 5.88 Å². The first-order chi connectivity index (χ1) is 9.19. The first-order valence-corrected chi connectivity index (χ1v) is 5.61. The molecule has 1 aromatic carbocycles. The van der Waals surface area contributed by atoms with Crippen LogP contribution in [0.1, 0.15) is 11.3 Å². The summed E-state index contributed by atoms with van der Waals surface area (Å²) in [5.41, 5.74) is 6.61. The molecule has 0 bridgehead atoms. The molecule has 0 saturated heterocycles. The van der Waals surface area contributed by atoms with E-state index in [0.717, 1.165) is 11.3 Å². The molecule has 19 heavy (non-hydrogen) atoms. The van der Waals surface area contributed by atoms with E-state index in [1.807, 2.05) is 24.3 Å². The molecule has 3 N–H and O–H groups in total. The normalized spacial score (nSPS) is 9.95. The fourth-order valence-electron chi connectivity index (χ4n) is 1.41. The van der Waals surface area contributed by atoms with Gasteiger partial charge >= 0.3 is 0 Å². The molecule has 0 spiro atoms. The maximum atomic E-state index is 7.20. The number of ether oxygens (including phenoxy) is 2. The van der Waals surface area contributed by atoms with Crippen molar-refractivity contribution in [3.05, 3.63) is 47.9 Å². The van der Waals surface area contributed by atoms with Crippen LogP contribution in [-0.4, -0.2) is 22.9 Å². The third-order valence-corrected chi connectivity index (χ3v) is 2.45. The van der Waals surface area contributed by atoms with Crippen molar-refractivity contribution in [3.8, 4) is 11.6 Å². The summed E-state index contributed by atoms with van der Waals surface area (Å²) in [6, 6.07) is 7.55. The monoisotopic (exact) mass is 258 g/mol. The number of nitrogen functional groups attached to an aromatic ring is 1. The van der Waals surface area contributed by atoms with E-state index >= 15 is 0 Å². The van der Waals surface area contributed by atoms with Gasteiger partial charge in [0.05, 0.1) is 19.5 Å². The Morgan fingerprint density at radius 3 is 2.47 bits per heavy atom. The van der Waals surface area contributed by atoms with E-state index in [1.165, 1.54) is 12.4 Å². The van der Waals surface area contributed by atoms with Crippen LogP contribution in [0.4, 0.5) is 0 Å². The predicted molar refractivity (Wildman–Crippen MR) is 70.4 cm³/mol. The number of nitrogens with two attached hydrogens (primary N) is 1. The number of hydrogen-bond donors (Lipinski definition) is 2. The fraction of sp³-hybridized carbons (Fsp3) is 0.154. The van der Waals surface area contributed by atoms with Gasteiger partial charge in [0, 0.05) is 0 Å². The van der Waals surface area contributed by atoms with Crippen molar-refractivity contribution >= 4 is 5.84 Å². The molecule has 6 heteroatoms. The zero-order valence-electron chi connectivity index (χ0n) is 10.5. The molecule has 6 nitrogen and oxygen atoms in total. The summed E-state index contributed by atoms with van der Waals surface area (Å²) < 4.78 is 10.5. The minimum atomic E-state index is -0.116. The van der Waals surface area contributed by atoms with Gasteiger partial charge in [-0.1, -0.05) is 12.1 Å². The molecular formula is C13H14N4O2. The summed E-state index contributed by atoms with van der Waals surface area (Å²) in [7, 11) is 1.62. The van der Waals surface area contributed by atoms with E-state index < -0.39 is 0 Å². The molecule has 0 aliphatic carbocycles. The van der Waals surface area contributed by atoms with Gasteiger partial charge in [0.15, 0.2) is 0 Å². The first kappa shape index (κ1) is 12.8. The van der Waals surface area contributed by atoms with Crippen LogP contribution in [0.25, 0.3) is 0 Å². The Labute approximate surface area is 110 Å². The highest BCUT2D eigenvalue weighted by molar-refractivity contribution is 5.92. The van der Waals surface area contributed by atoms with Gasteiger partial charge in [-0.15, -0.1) is 0 Å². The van der Waals surface area contributed by atoms with Crippen molar-refractivity contribution in [3.63, 3.8) is 0 Å². The number of nitrogens with one attached hydrogen (secondary N) is 1. The van der Waals surface area contributed by atoms with E-state index in [2.05, 4.69) is 9.97 Å². The summed E-state index contributed by atoms with van der Waals surface area (Å²) in [6.45, 7) is 0.387. The summed E-state index contributed by atoms with van der Waals surface area (Å²) in [4.78, 5) is 7.98. The van der Waals surface area contributed by atoms with Crippen LogP contribution in [0.15, 0.2) is 36.7 Å². The SMILES string of the molecule is COc1ccc(COc2cnc(C(=N)N)cn2)cc1. The second kappa shape index (κ2) is 5.81. The minimum Gasteiger partial charge on any atom is -0.497 e. The van der Waals surface area contributed by atoms with Crippen LogP contribution in [-0.2, 0) is 6.61 Å². The Hall–Kier alpha value is -2.63. The second-order valence-corrected chi connectivity index (χ2v) is 3.79. The van der Waals surface area contributed by atoms with E-state index in [0.29, 0.717) is 18.2 Å². The highest BCUT2D eigenvalue weighted by atomic mass is 16.5. The Morgan fingerprint density at radius 1 is 1.21 bits per heavy atom. The van der Waals surface area contributed by atoms with Crippen molar-refractivity contribution in [2.75, 3.05) is 7.11 Å². The number of aromatic nitrogens is 2. The second-order valence-electron chi connectivity index (χ2n) is 3.79. The summed E-state index contributed by atoms with van der Waals surface area (Å²) >= 11 is 0. The lowest BCUT2D eigenvalue weighted by Gasteiger charge is -2.06. The molecule has 2 aromatic rings. The molecule has 1 heterocycles. The Balaban J connectivity index is 1.95. The lowest BCUT2D eigenvalue weighted by Crippen LogP contribution is -2.13. The first-order valence-electron chi connectivity index (χ1n) is 5.61. The van der Waals surface area contributed by atoms with Crippen molar-refractivity contribution in [1.82, 2.24) is 9.97 Å². The molecule has 0 fully saturated rings. The van der Waals surface area contributed by atoms with Crippen molar-refractivity contribution < 1.29 is 9.47 Å². The maximum absolute atomic E-state index is 7.20. The molecule has 0 atom stereocenters. The average Bonchev–Trinajstić information content (AvgIpc) is 2.46. The quantitative estimate of drug-likeness (QED) is 0.623. The summed E-state index contributed by atoms with van der Waals surface area (Å²) in [5.74, 6) is 1.07. The third kappa shape index (κ3) is 3.41. The standard InChI is InChI=1S/C13H14N4O2/c1-18-10-4-2-9(3-5-10)8-19-12-7-16-11(6-17-12)13(14)15/h2-7H,8H2,1H3,(H3,14,15). The van der Waals surface area contributed by atoms with Crippen LogP contribution in [0.3, 0.4) is 0 Å². The van der Waals surface area contributed by atoms with Gasteiger partial charge in [0.25, 0.3) is 0 Å². The number of nitrogens with zero attached hydrogens (tertiary/aromatic N) is 2. The lowest BCUT2D eigenvalue weighted by molar-refractivity contribution is 0.292. The molecule has 0 radical (unpaired) electrons. The molecule has 0 unspecified atom stereocenters. The predicted octanol–water partition coefficient (Wildman–Crippen LogP) is 1.35. The maximum Gasteiger partial charge on any atom is 0.232 e. The van der Waals surface area contributed by atoms with Crippen LogP contribution in [0, 0.1) is 5.41 Å². The molecule has 2 rings (SSSR count). The van der Waals surface area contributed by atoms with E-state index in [4.69, 9.17) is 20.6 Å². The largest absolute Gasteiger partial charge is 0.497 e. The fourth-order valence-corrected chi connectivity index (χ4v) is 1.41. The van der Waals surface area contributed by atoms with Gasteiger partial charge in [0.1, 0.15) is 23.9 Å². The van der Waals surface area contributed by atoms with Crippen molar-refractivity contribution in [1.29, 1.82) is 5.41 Å². The Kier molecular flexibility index (Phi) is 3.92. The average molecular weight is 258 g/mol. The minimum absolute atomic E-state index is 0.116. The molecule has 0 saturated carbocycles. The smallest absolute Gasteiger partial charge is 0.232 e. The molecule has 1 aromatic heterocycles. The summed E-state index contributed by atoms with van der Waals surface area (Å²) in [6.07, 6.45) is 2.85. The Bertz CT molecular complexity index is 552. The third-order valence-electron chi connectivity index (χ3n) is 2.45. The lowest BCUT2D eigenvalue weighted by atomic mass is 10.2. The number of rotatable bonds is 5. The van der Waals surface area contributed by atoms with Crippen LogP contribution in [0.5, 0.6) is 11.6 Å². The van der Waals surface area contributed by atoms with E-state index in [1.54, 1.807) is 7.11 Å². The van der Waals surface area contributed by atoms with Crippen LogP contribution < -0.4 is 15.2 Å². The van der Waals surface area contributed by atoms with Gasteiger partial charge < -0.3 is 15.2 Å². The Morgan fingerprint density at radius 2 is 1.95 bits per heavy atom. The van der Waals surface area contributed by atoms with Gasteiger partial charge in [-0.2, -0.15) is 0 Å². The molecule has 0 aliphatic rings. The summed E-state index contributed by atoms with van der Waals surface area (Å²) in [5, 5.41) is 7.20. The van der Waals surface area contributed by atoms with Crippen molar-refractivity contribution in [2.45, 2.75) is 6.61 Å². The molecular weight excluding hydrogens is 244 g/mol. The number of benzene rings is 1. The molecule has 0 amide bonds. The number of hydrogen-bond acceptors (Lipinski definition) is 5. The van der Waals surface area contributed by atoms with Gasteiger partial charge in [-0.3, -0.25) is 5.41 Å². The van der Waals surface area contributed by atoms with Crippen LogP contribution >= 0.6 is 0 Å². The van der Waals surface area contributed by atoms with E-state index in [9.17, 15) is 0 Å². The molecule has 98 valence electrons. The zero-order chi connectivity index (χ0) is 13.7. The zero-order valence-corrected chi connectivity index (χ0v) is 10.5. The van der Waals surface area contributed by atoms with Gasteiger partial charge in [-0.25, -0.2) is 9.97 Å². The highest BCUT2D eigenvalue weighted by Gasteiger charge is 2.01. The van der Waals surface area contributed by atoms with Gasteiger partial charge in [-0.05, 0) is 17.7 Å². The molecule has 0 aliphatic heterocycles. The van der Waals surface area contributed by atoms with Crippen LogP contribution in [0.2, 0.25) is 0 Å². The topological polar surface area (TPSA) is 94.1 Å². The number of amidine groups is 1. The van der Waals surface area contributed by atoms with Crippen molar-refractivity contribution in [2.24, 2.45) is 5.73 Å².